The van der Waals surface area contributed by atoms with Crippen LogP contribution >= 0.6 is 0 Å². The first-order valence-corrected chi connectivity index (χ1v) is 8.80. The number of aliphatic imine (C=N–C) groups is 1. The van der Waals surface area contributed by atoms with Crippen molar-refractivity contribution in [3.05, 3.63) is 95.3 Å². The number of carbonyl (C=O) groups is 1. The molecule has 0 fully saturated rings. The van der Waals surface area contributed by atoms with Crippen molar-refractivity contribution >= 4 is 17.6 Å². The van der Waals surface area contributed by atoms with Gasteiger partial charge in [-0.25, -0.2) is 9.98 Å². The largest absolute Gasteiger partial charge is 0.469 e. The van der Waals surface area contributed by atoms with Gasteiger partial charge in [-0.1, -0.05) is 42.5 Å². The molecule has 0 spiro atoms. The molecule has 144 valence electrons. The Morgan fingerprint density at radius 2 is 1.90 bits per heavy atom. The van der Waals surface area contributed by atoms with Gasteiger partial charge in [0.15, 0.2) is 0 Å². The standard InChI is InChI=1S/C22H19N5O2/c1-29-22(24)27-20(16-6-3-2-4-7-16)17-8-5-9-18(12-17)26-21(28)19-11-10-15(13-23)14-25-19/h2-12,14,20H,1H3,(H2,24,27)(H,26,28). The van der Waals surface area contributed by atoms with Crippen LogP contribution < -0.4 is 11.1 Å². The van der Waals surface area contributed by atoms with Gasteiger partial charge in [0.1, 0.15) is 17.8 Å². The van der Waals surface area contributed by atoms with Crippen molar-refractivity contribution in [2.75, 3.05) is 12.4 Å². The summed E-state index contributed by atoms with van der Waals surface area (Å²) in [6.45, 7) is 0. The van der Waals surface area contributed by atoms with Crippen molar-refractivity contribution in [3.8, 4) is 6.07 Å². The zero-order valence-electron chi connectivity index (χ0n) is 15.7. The molecule has 0 radical (unpaired) electrons. The van der Waals surface area contributed by atoms with E-state index in [-0.39, 0.29) is 23.7 Å². The molecule has 3 rings (SSSR count). The summed E-state index contributed by atoms with van der Waals surface area (Å²) >= 11 is 0. The Hall–Kier alpha value is -4.18. The van der Waals surface area contributed by atoms with Gasteiger partial charge in [-0.15, -0.1) is 0 Å². The Morgan fingerprint density at radius 1 is 1.14 bits per heavy atom. The molecule has 3 aromatic rings. The first kappa shape index (κ1) is 19.6. The SMILES string of the molecule is CO/C(N)=N/C(c1ccccc1)c1cccc(NC(=O)c2ccc(C#N)cn2)c1. The summed E-state index contributed by atoms with van der Waals surface area (Å²) in [5.74, 6) is -0.372. The average Bonchev–Trinajstić information content (AvgIpc) is 2.78. The number of amides is 1. The maximum atomic E-state index is 12.5. The summed E-state index contributed by atoms with van der Waals surface area (Å²) in [7, 11) is 1.46. The molecule has 2 aromatic carbocycles. The molecule has 1 amide bonds. The van der Waals surface area contributed by atoms with Crippen LogP contribution in [0.2, 0.25) is 0 Å². The highest BCUT2D eigenvalue weighted by molar-refractivity contribution is 6.02. The van der Waals surface area contributed by atoms with Crippen molar-refractivity contribution in [1.29, 1.82) is 5.26 Å². The minimum absolute atomic E-state index is 0.0649. The second-order valence-corrected chi connectivity index (χ2v) is 6.11. The van der Waals surface area contributed by atoms with E-state index in [1.54, 1.807) is 12.1 Å². The molecule has 0 saturated carbocycles. The third-order valence-corrected chi connectivity index (χ3v) is 4.17. The number of carbonyl (C=O) groups excluding carboxylic acids is 1. The highest BCUT2D eigenvalue weighted by Gasteiger charge is 2.15. The number of nitrogens with two attached hydrogens (primary N) is 1. The number of methoxy groups -OCH3 is 1. The van der Waals surface area contributed by atoms with E-state index >= 15 is 0 Å². The number of nitriles is 1. The molecular formula is C22H19N5O2. The van der Waals surface area contributed by atoms with Gasteiger partial charge in [-0.2, -0.15) is 5.26 Å². The molecule has 1 atom stereocenters. The Kier molecular flexibility index (Phi) is 6.18. The van der Waals surface area contributed by atoms with Crippen LogP contribution in [-0.2, 0) is 4.74 Å². The number of anilines is 1. The third-order valence-electron chi connectivity index (χ3n) is 4.17. The van der Waals surface area contributed by atoms with Crippen LogP contribution in [0.5, 0.6) is 0 Å². The van der Waals surface area contributed by atoms with Gasteiger partial charge < -0.3 is 15.8 Å². The third kappa shape index (κ3) is 4.96. The predicted octanol–water partition coefficient (Wildman–Crippen LogP) is 3.26. The molecule has 0 aliphatic rings. The topological polar surface area (TPSA) is 113 Å². The lowest BCUT2D eigenvalue weighted by molar-refractivity contribution is 0.102. The highest BCUT2D eigenvalue weighted by Crippen LogP contribution is 2.28. The summed E-state index contributed by atoms with van der Waals surface area (Å²) < 4.78 is 5.02. The highest BCUT2D eigenvalue weighted by atomic mass is 16.5. The molecule has 7 nitrogen and oxygen atoms in total. The Balaban J connectivity index is 1.88. The van der Waals surface area contributed by atoms with E-state index in [0.717, 1.165) is 11.1 Å². The lowest BCUT2D eigenvalue weighted by atomic mass is 9.99. The van der Waals surface area contributed by atoms with Crippen molar-refractivity contribution in [3.63, 3.8) is 0 Å². The van der Waals surface area contributed by atoms with E-state index in [1.165, 1.54) is 19.4 Å². The van der Waals surface area contributed by atoms with Gasteiger partial charge in [0.25, 0.3) is 11.9 Å². The minimum atomic E-state index is -0.388. The molecule has 29 heavy (non-hydrogen) atoms. The van der Waals surface area contributed by atoms with Crippen LogP contribution in [-0.4, -0.2) is 24.0 Å². The van der Waals surface area contributed by atoms with Crippen LogP contribution in [0, 0.1) is 11.3 Å². The van der Waals surface area contributed by atoms with Crippen molar-refractivity contribution in [1.82, 2.24) is 4.98 Å². The summed E-state index contributed by atoms with van der Waals surface area (Å²) in [4.78, 5) is 20.9. The predicted molar refractivity (Wildman–Crippen MR) is 110 cm³/mol. The van der Waals surface area contributed by atoms with Crippen molar-refractivity contribution < 1.29 is 9.53 Å². The van der Waals surface area contributed by atoms with Gasteiger partial charge in [0.05, 0.1) is 12.7 Å². The van der Waals surface area contributed by atoms with Crippen LogP contribution in [0.4, 0.5) is 5.69 Å². The molecule has 7 heteroatoms. The monoisotopic (exact) mass is 385 g/mol. The van der Waals surface area contributed by atoms with Crippen LogP contribution in [0.15, 0.2) is 77.9 Å². The number of nitrogens with zero attached hydrogens (tertiary/aromatic N) is 3. The molecule has 0 aliphatic carbocycles. The minimum Gasteiger partial charge on any atom is -0.469 e. The molecule has 3 N–H and O–H groups in total. The number of hydrogen-bond acceptors (Lipinski definition) is 5. The second kappa shape index (κ2) is 9.15. The first-order chi connectivity index (χ1) is 14.1. The molecular weight excluding hydrogens is 366 g/mol. The molecule has 0 bridgehead atoms. The van der Waals surface area contributed by atoms with Gasteiger partial charge in [-0.05, 0) is 35.4 Å². The average molecular weight is 385 g/mol. The number of rotatable bonds is 5. The summed E-state index contributed by atoms with van der Waals surface area (Å²) in [5.41, 5.74) is 8.76. The van der Waals surface area contributed by atoms with E-state index in [2.05, 4.69) is 15.3 Å². The van der Waals surface area contributed by atoms with E-state index in [1.807, 2.05) is 54.6 Å². The van der Waals surface area contributed by atoms with Crippen LogP contribution in [0.25, 0.3) is 0 Å². The maximum Gasteiger partial charge on any atom is 0.282 e. The number of hydrogen-bond donors (Lipinski definition) is 2. The van der Waals surface area contributed by atoms with Gasteiger partial charge in [0, 0.05) is 11.9 Å². The number of aromatic nitrogens is 1. The summed E-state index contributed by atoms with van der Waals surface area (Å²) in [5, 5.41) is 11.7. The molecule has 1 heterocycles. The first-order valence-electron chi connectivity index (χ1n) is 8.80. The summed E-state index contributed by atoms with van der Waals surface area (Å²) in [6, 6.07) is 21.7. The quantitative estimate of drug-likeness (QED) is 0.517. The van der Waals surface area contributed by atoms with E-state index in [4.69, 9.17) is 15.7 Å². The Morgan fingerprint density at radius 3 is 2.55 bits per heavy atom. The van der Waals surface area contributed by atoms with Gasteiger partial charge in [-0.3, -0.25) is 4.79 Å². The van der Waals surface area contributed by atoms with Crippen molar-refractivity contribution in [2.24, 2.45) is 10.7 Å². The molecule has 0 aliphatic heterocycles. The molecule has 1 aromatic heterocycles. The number of benzene rings is 2. The van der Waals surface area contributed by atoms with Gasteiger partial charge >= 0.3 is 0 Å². The fourth-order valence-corrected chi connectivity index (χ4v) is 2.73. The van der Waals surface area contributed by atoms with Crippen LogP contribution in [0.3, 0.4) is 0 Å². The maximum absolute atomic E-state index is 12.5. The Labute approximate surface area is 168 Å². The van der Waals surface area contributed by atoms with E-state index in [0.29, 0.717) is 11.3 Å². The summed E-state index contributed by atoms with van der Waals surface area (Å²) in [6.07, 6.45) is 1.36. The van der Waals surface area contributed by atoms with Crippen molar-refractivity contribution in [2.45, 2.75) is 6.04 Å². The zero-order chi connectivity index (χ0) is 20.6. The number of pyridine rings is 1. The second-order valence-electron chi connectivity index (χ2n) is 6.11. The number of amidine groups is 1. The van der Waals surface area contributed by atoms with Crippen LogP contribution in [0.1, 0.15) is 33.2 Å². The lowest BCUT2D eigenvalue weighted by Gasteiger charge is -2.16. The van der Waals surface area contributed by atoms with E-state index in [9.17, 15) is 4.79 Å². The number of ether oxygens (including phenoxy) is 1. The smallest absolute Gasteiger partial charge is 0.282 e. The molecule has 1 unspecified atom stereocenters. The Bertz CT molecular complexity index is 1060. The normalized spacial score (nSPS) is 11.9. The fraction of sp³-hybridized carbons (Fsp3) is 0.0909. The van der Waals surface area contributed by atoms with E-state index < -0.39 is 0 Å². The zero-order valence-corrected chi connectivity index (χ0v) is 15.7. The number of nitrogens with one attached hydrogen (secondary N) is 1. The van der Waals surface area contributed by atoms with Gasteiger partial charge in [0.2, 0.25) is 0 Å². The fourth-order valence-electron chi connectivity index (χ4n) is 2.73. The lowest BCUT2D eigenvalue weighted by Crippen LogP contribution is -2.16. The molecule has 0 saturated heterocycles.